The third-order valence-electron chi connectivity index (χ3n) is 4.82. The number of benzene rings is 1. The van der Waals surface area contributed by atoms with E-state index in [1.54, 1.807) is 42.7 Å². The van der Waals surface area contributed by atoms with E-state index < -0.39 is 15.8 Å². The summed E-state index contributed by atoms with van der Waals surface area (Å²) in [7, 11) is 3.05. The van der Waals surface area contributed by atoms with Gasteiger partial charge in [-0.3, -0.25) is 0 Å². The molecule has 1 amide bonds. The van der Waals surface area contributed by atoms with Crippen LogP contribution in [0.2, 0.25) is 0 Å². The second kappa shape index (κ2) is 11.5. The molecule has 2 aromatic heterocycles. The Bertz CT molecular complexity index is 1260. The minimum Gasteiger partial charge on any atom is -0.448 e. The Morgan fingerprint density at radius 1 is 1.35 bits per heavy atom. The standard InChI is InChI=1S/C22H26BN5O4S2/c1-4-14(13-29)25-20-16(18-7-6-10-33-18)12-24-21(27-20)26-15-8-9-19(17(23)11-15)34(3,31)28-22(30)32-5-2/h6-12,14,29H,4-5,13H2,1-3H3,(H2,24,25,26,27)/t14-,34?/m1/s1. The van der Waals surface area contributed by atoms with Crippen LogP contribution < -0.4 is 16.1 Å². The molecule has 0 aliphatic heterocycles. The Morgan fingerprint density at radius 2 is 2.15 bits per heavy atom. The number of aliphatic hydroxyl groups excluding tert-OH is 1. The van der Waals surface area contributed by atoms with Gasteiger partial charge in [0.25, 0.3) is 0 Å². The zero-order valence-electron chi connectivity index (χ0n) is 19.1. The Balaban J connectivity index is 1.90. The molecule has 0 saturated carbocycles. The zero-order valence-corrected chi connectivity index (χ0v) is 20.8. The fourth-order valence-electron chi connectivity index (χ4n) is 3.08. The molecule has 0 aliphatic carbocycles. The maximum Gasteiger partial charge on any atom is 0.442 e. The van der Waals surface area contributed by atoms with Crippen LogP contribution in [0, 0.1) is 0 Å². The lowest BCUT2D eigenvalue weighted by molar-refractivity contribution is 0.164. The van der Waals surface area contributed by atoms with Crippen LogP contribution in [-0.4, -0.2) is 58.7 Å². The van der Waals surface area contributed by atoms with Crippen LogP contribution >= 0.6 is 11.3 Å². The third kappa shape index (κ3) is 6.34. The number of hydrogen-bond donors (Lipinski definition) is 3. The molecule has 3 aromatic rings. The number of carbonyl (C=O) groups is 1. The number of nitrogens with one attached hydrogen (secondary N) is 2. The summed E-state index contributed by atoms with van der Waals surface area (Å²) in [4.78, 5) is 21.9. The van der Waals surface area contributed by atoms with Gasteiger partial charge in [-0.15, -0.1) is 15.7 Å². The molecular weight excluding hydrogens is 473 g/mol. The summed E-state index contributed by atoms with van der Waals surface area (Å²) in [5.74, 6) is 0.909. The number of carbonyl (C=O) groups excluding carboxylic acids is 1. The van der Waals surface area contributed by atoms with E-state index >= 15 is 0 Å². The number of anilines is 3. The molecule has 0 spiro atoms. The number of rotatable bonds is 9. The van der Waals surface area contributed by atoms with Gasteiger partial charge in [-0.1, -0.05) is 18.5 Å². The molecule has 2 heterocycles. The van der Waals surface area contributed by atoms with Crippen LogP contribution in [0.1, 0.15) is 20.3 Å². The molecule has 2 atom stereocenters. The largest absolute Gasteiger partial charge is 0.448 e. The number of aliphatic hydroxyl groups is 1. The predicted octanol–water partition coefficient (Wildman–Crippen LogP) is 3.54. The second-order valence-corrected chi connectivity index (χ2v) is 10.5. The highest BCUT2D eigenvalue weighted by Crippen LogP contribution is 2.31. The van der Waals surface area contributed by atoms with Crippen molar-refractivity contribution in [2.45, 2.75) is 31.2 Å². The van der Waals surface area contributed by atoms with Crippen molar-refractivity contribution in [2.24, 2.45) is 4.36 Å². The first kappa shape index (κ1) is 25.7. The first-order chi connectivity index (χ1) is 16.3. The molecule has 9 nitrogen and oxygen atoms in total. The second-order valence-electron chi connectivity index (χ2n) is 7.34. The number of nitrogens with zero attached hydrogens (tertiary/aromatic N) is 3. The molecule has 0 saturated heterocycles. The lowest BCUT2D eigenvalue weighted by Gasteiger charge is -2.18. The van der Waals surface area contributed by atoms with Crippen molar-refractivity contribution in [3.63, 3.8) is 0 Å². The first-order valence-electron chi connectivity index (χ1n) is 10.6. The fraction of sp³-hybridized carbons (Fsp3) is 0.318. The molecule has 3 rings (SSSR count). The van der Waals surface area contributed by atoms with Crippen LogP contribution in [0.25, 0.3) is 10.4 Å². The summed E-state index contributed by atoms with van der Waals surface area (Å²) >= 11 is 1.57. The van der Waals surface area contributed by atoms with Crippen molar-refractivity contribution < 1.29 is 18.8 Å². The summed E-state index contributed by atoms with van der Waals surface area (Å²) in [6.07, 6.45) is 2.86. The Morgan fingerprint density at radius 3 is 2.76 bits per heavy atom. The van der Waals surface area contributed by atoms with Crippen LogP contribution in [0.3, 0.4) is 0 Å². The van der Waals surface area contributed by atoms with Crippen molar-refractivity contribution >= 4 is 57.9 Å². The van der Waals surface area contributed by atoms with E-state index in [2.05, 4.69) is 25.0 Å². The summed E-state index contributed by atoms with van der Waals surface area (Å²) in [6, 6.07) is 8.54. The van der Waals surface area contributed by atoms with Gasteiger partial charge >= 0.3 is 6.09 Å². The molecule has 1 unspecified atom stereocenters. The van der Waals surface area contributed by atoms with Gasteiger partial charge in [-0.2, -0.15) is 4.98 Å². The van der Waals surface area contributed by atoms with Crippen LogP contribution in [0.4, 0.5) is 22.2 Å². The quantitative estimate of drug-likeness (QED) is 0.382. The number of ether oxygens (including phenoxy) is 1. The topological polar surface area (TPSA) is 126 Å². The highest BCUT2D eigenvalue weighted by molar-refractivity contribution is 7.93. The van der Waals surface area contributed by atoms with E-state index in [4.69, 9.17) is 12.6 Å². The number of amides is 1. The van der Waals surface area contributed by atoms with E-state index in [0.717, 1.165) is 16.9 Å². The molecular formula is C22H26BN5O4S2. The maximum atomic E-state index is 12.9. The van der Waals surface area contributed by atoms with Crippen molar-refractivity contribution in [3.8, 4) is 10.4 Å². The summed E-state index contributed by atoms with van der Waals surface area (Å²) in [6.45, 7) is 3.72. The molecule has 0 aliphatic rings. The lowest BCUT2D eigenvalue weighted by atomic mass is 9.96. The van der Waals surface area contributed by atoms with Crippen molar-refractivity contribution in [2.75, 3.05) is 30.1 Å². The highest BCUT2D eigenvalue weighted by Gasteiger charge is 2.16. The van der Waals surface area contributed by atoms with Crippen LogP contribution in [0.5, 0.6) is 0 Å². The minimum absolute atomic E-state index is 0.0295. The number of aromatic nitrogens is 2. The van der Waals surface area contributed by atoms with Gasteiger partial charge in [-0.25, -0.2) is 14.0 Å². The van der Waals surface area contributed by atoms with E-state index in [-0.39, 0.29) is 29.6 Å². The van der Waals surface area contributed by atoms with E-state index in [1.807, 2.05) is 24.4 Å². The minimum atomic E-state index is -3.07. The average Bonchev–Trinajstić information content (AvgIpc) is 3.32. The normalized spacial score (nSPS) is 13.5. The molecule has 34 heavy (non-hydrogen) atoms. The van der Waals surface area contributed by atoms with Crippen molar-refractivity contribution in [3.05, 3.63) is 41.9 Å². The maximum absolute atomic E-state index is 12.9. The van der Waals surface area contributed by atoms with Gasteiger partial charge < -0.3 is 20.5 Å². The highest BCUT2D eigenvalue weighted by atomic mass is 32.2. The molecule has 12 heteroatoms. The molecule has 0 bridgehead atoms. The molecule has 178 valence electrons. The monoisotopic (exact) mass is 499 g/mol. The number of hydrogen-bond acceptors (Lipinski definition) is 9. The molecule has 1 aromatic carbocycles. The third-order valence-corrected chi connectivity index (χ3v) is 7.41. The van der Waals surface area contributed by atoms with Gasteiger partial charge in [0.2, 0.25) is 5.95 Å². The summed E-state index contributed by atoms with van der Waals surface area (Å²) in [5.41, 5.74) is 1.59. The van der Waals surface area contributed by atoms with Crippen LogP contribution in [0.15, 0.2) is 51.2 Å². The lowest BCUT2D eigenvalue weighted by Crippen LogP contribution is -2.24. The summed E-state index contributed by atoms with van der Waals surface area (Å²) < 4.78 is 21.3. The van der Waals surface area contributed by atoms with Gasteiger partial charge in [0.05, 0.1) is 34.5 Å². The Kier molecular flexibility index (Phi) is 8.64. The SMILES string of the molecule is [B]c1cc(Nc2ncc(-c3cccs3)c(N[C@H](CC)CO)n2)ccc1S(C)(=O)=NC(=O)OCC. The van der Waals surface area contributed by atoms with Gasteiger partial charge in [0.15, 0.2) is 0 Å². The zero-order chi connectivity index (χ0) is 24.7. The van der Waals surface area contributed by atoms with E-state index in [9.17, 15) is 14.1 Å². The first-order valence-corrected chi connectivity index (χ1v) is 13.4. The van der Waals surface area contributed by atoms with Gasteiger partial charge in [-0.05, 0) is 43.0 Å². The molecule has 0 fully saturated rings. The van der Waals surface area contributed by atoms with Crippen molar-refractivity contribution in [1.29, 1.82) is 0 Å². The Hall–Kier alpha value is -2.96. The van der Waals surface area contributed by atoms with Crippen LogP contribution in [-0.2, 0) is 14.5 Å². The van der Waals surface area contributed by atoms with Gasteiger partial charge in [0.1, 0.15) is 13.7 Å². The molecule has 2 radical (unpaired) electrons. The number of thiophene rings is 1. The van der Waals surface area contributed by atoms with Crippen molar-refractivity contribution in [1.82, 2.24) is 9.97 Å². The Labute approximate surface area is 204 Å². The fourth-order valence-corrected chi connectivity index (χ4v) is 5.07. The molecule has 3 N–H and O–H groups in total. The van der Waals surface area contributed by atoms with Gasteiger partial charge in [0, 0.05) is 27.9 Å². The average molecular weight is 499 g/mol. The smallest absolute Gasteiger partial charge is 0.442 e. The van der Waals surface area contributed by atoms with E-state index in [0.29, 0.717) is 17.5 Å². The summed E-state index contributed by atoms with van der Waals surface area (Å²) in [5, 5.41) is 18.0. The van der Waals surface area contributed by atoms with E-state index in [1.165, 1.54) is 6.26 Å². The predicted molar refractivity (Wildman–Crippen MR) is 137 cm³/mol.